The summed E-state index contributed by atoms with van der Waals surface area (Å²) in [7, 11) is 0. The van der Waals surface area contributed by atoms with Crippen molar-refractivity contribution in [2.75, 3.05) is 18.4 Å². The minimum atomic E-state index is -0.993. The summed E-state index contributed by atoms with van der Waals surface area (Å²) in [6.07, 6.45) is 3.63. The van der Waals surface area contributed by atoms with Gasteiger partial charge in [-0.3, -0.25) is 39.2 Å². The second-order valence-electron chi connectivity index (χ2n) is 8.64. The van der Waals surface area contributed by atoms with Crippen molar-refractivity contribution < 1.29 is 24.0 Å². The highest BCUT2D eigenvalue weighted by atomic mass is 16.2. The molecule has 4 rings (SSSR count). The third-order valence-electron chi connectivity index (χ3n) is 6.05. The molecule has 2 aromatic rings. The first kappa shape index (κ1) is 24.1. The van der Waals surface area contributed by atoms with E-state index in [-0.39, 0.29) is 36.3 Å². The number of hydrogen-bond acceptors (Lipinski definition) is 7. The highest BCUT2D eigenvalue weighted by molar-refractivity contribution is 6.25. The van der Waals surface area contributed by atoms with Gasteiger partial charge in [-0.05, 0) is 49.9 Å². The van der Waals surface area contributed by atoms with E-state index in [1.54, 1.807) is 24.4 Å². The Bertz CT molecular complexity index is 1180. The number of piperidine rings is 1. The van der Waals surface area contributed by atoms with Gasteiger partial charge in [0.05, 0.1) is 17.5 Å². The average molecular weight is 478 g/mol. The van der Waals surface area contributed by atoms with Crippen LogP contribution in [0.5, 0.6) is 0 Å². The number of aromatic nitrogens is 1. The molecule has 35 heavy (non-hydrogen) atoms. The van der Waals surface area contributed by atoms with Crippen molar-refractivity contribution in [3.63, 3.8) is 0 Å². The Morgan fingerprint density at radius 3 is 2.63 bits per heavy atom. The number of carbonyl (C=O) groups excluding carboxylic acids is 5. The minimum Gasteiger partial charge on any atom is -0.384 e. The van der Waals surface area contributed by atoms with Crippen LogP contribution < -0.4 is 16.0 Å². The lowest BCUT2D eigenvalue weighted by molar-refractivity contribution is -0.136. The van der Waals surface area contributed by atoms with Gasteiger partial charge in [0, 0.05) is 37.1 Å². The van der Waals surface area contributed by atoms with E-state index < -0.39 is 29.7 Å². The number of aryl methyl sites for hydroxylation is 1. The summed E-state index contributed by atoms with van der Waals surface area (Å²) in [6, 6.07) is 7.73. The number of anilines is 1. The van der Waals surface area contributed by atoms with Crippen LogP contribution in [0.4, 0.5) is 5.69 Å². The van der Waals surface area contributed by atoms with Crippen LogP contribution in [0.1, 0.15) is 57.7 Å². The van der Waals surface area contributed by atoms with E-state index in [1.165, 1.54) is 0 Å². The van der Waals surface area contributed by atoms with Crippen molar-refractivity contribution in [3.05, 3.63) is 58.9 Å². The van der Waals surface area contributed by atoms with E-state index in [1.807, 2.05) is 19.1 Å². The molecule has 1 saturated heterocycles. The summed E-state index contributed by atoms with van der Waals surface area (Å²) >= 11 is 0. The first-order valence-electron chi connectivity index (χ1n) is 11.6. The van der Waals surface area contributed by atoms with Crippen LogP contribution in [-0.4, -0.2) is 58.6 Å². The summed E-state index contributed by atoms with van der Waals surface area (Å²) in [4.78, 5) is 66.8. The molecule has 1 fully saturated rings. The molecule has 1 unspecified atom stereocenters. The Balaban J connectivity index is 1.27. The summed E-state index contributed by atoms with van der Waals surface area (Å²) in [6.45, 7) is 2.95. The molecule has 0 aliphatic carbocycles. The highest BCUT2D eigenvalue weighted by Gasteiger charge is 2.45. The molecular weight excluding hydrogens is 450 g/mol. The van der Waals surface area contributed by atoms with Crippen LogP contribution in [0.15, 0.2) is 36.5 Å². The van der Waals surface area contributed by atoms with Crippen LogP contribution in [0.2, 0.25) is 0 Å². The molecule has 10 heteroatoms. The Morgan fingerprint density at radius 2 is 1.89 bits per heavy atom. The second kappa shape index (κ2) is 10.5. The Kier molecular flexibility index (Phi) is 7.19. The maximum atomic E-state index is 13.1. The number of unbranched alkanes of at least 4 members (excludes halogenated alkanes) is 1. The summed E-state index contributed by atoms with van der Waals surface area (Å²) in [5.41, 5.74) is 2.76. The lowest BCUT2D eigenvalue weighted by atomic mass is 10.0. The average Bonchev–Trinajstić information content (AvgIpc) is 3.08. The van der Waals surface area contributed by atoms with Gasteiger partial charge in [0.25, 0.3) is 11.8 Å². The molecule has 10 nitrogen and oxygen atoms in total. The topological polar surface area (TPSA) is 138 Å². The lowest BCUT2D eigenvalue weighted by Crippen LogP contribution is -2.54. The number of nitrogens with one attached hydrogen (secondary N) is 3. The van der Waals surface area contributed by atoms with Crippen LogP contribution in [0, 0.1) is 6.92 Å². The van der Waals surface area contributed by atoms with Gasteiger partial charge >= 0.3 is 0 Å². The fourth-order valence-electron chi connectivity index (χ4n) is 4.21. The first-order valence-corrected chi connectivity index (χ1v) is 11.6. The highest BCUT2D eigenvalue weighted by Crippen LogP contribution is 2.32. The number of benzene rings is 1. The molecule has 0 bridgehead atoms. The molecule has 182 valence electrons. The lowest BCUT2D eigenvalue weighted by Gasteiger charge is -2.27. The van der Waals surface area contributed by atoms with Crippen molar-refractivity contribution in [2.24, 2.45) is 0 Å². The van der Waals surface area contributed by atoms with E-state index in [9.17, 15) is 24.0 Å². The molecule has 5 amide bonds. The number of rotatable bonds is 9. The van der Waals surface area contributed by atoms with Gasteiger partial charge in [-0.15, -0.1) is 0 Å². The number of fused-ring (bicyclic) bond motifs is 1. The number of hydrogen-bond donors (Lipinski definition) is 3. The molecule has 1 aromatic heterocycles. The van der Waals surface area contributed by atoms with Gasteiger partial charge in [-0.2, -0.15) is 0 Å². The van der Waals surface area contributed by atoms with Gasteiger partial charge in [0.1, 0.15) is 6.04 Å². The van der Waals surface area contributed by atoms with Crippen molar-refractivity contribution >= 4 is 35.2 Å². The number of imide groups is 2. The van der Waals surface area contributed by atoms with E-state index in [0.717, 1.165) is 29.0 Å². The zero-order valence-electron chi connectivity index (χ0n) is 19.4. The van der Waals surface area contributed by atoms with Gasteiger partial charge in [0.2, 0.25) is 17.7 Å². The smallest absolute Gasteiger partial charge is 0.264 e. The molecule has 3 N–H and O–H groups in total. The fourth-order valence-corrected chi connectivity index (χ4v) is 4.21. The molecule has 2 aliphatic heterocycles. The molecular formula is C25H27N5O5. The standard InChI is InChI=1S/C25H27N5O5/c1-15-7-8-16(14-28-15)13-21(32)27-12-3-2-11-26-18-6-4-5-17-22(18)25(35)30(24(17)34)19-9-10-20(31)29-23(19)33/h4-8,14,19,26H,2-3,9-13H2,1H3,(H,27,32)(H,29,31,33). The number of nitrogens with zero attached hydrogens (tertiary/aromatic N) is 2. The zero-order valence-corrected chi connectivity index (χ0v) is 19.4. The first-order chi connectivity index (χ1) is 16.8. The molecule has 3 heterocycles. The molecule has 2 aliphatic rings. The number of pyridine rings is 1. The van der Waals surface area contributed by atoms with Gasteiger partial charge in [-0.25, -0.2) is 0 Å². The zero-order chi connectivity index (χ0) is 24.9. The van der Waals surface area contributed by atoms with E-state index in [2.05, 4.69) is 20.9 Å². The fraction of sp³-hybridized carbons (Fsp3) is 0.360. The van der Waals surface area contributed by atoms with E-state index >= 15 is 0 Å². The Hall–Kier alpha value is -4.08. The predicted octanol–water partition coefficient (Wildman–Crippen LogP) is 1.34. The quantitative estimate of drug-likeness (QED) is 0.366. The normalized spacial score (nSPS) is 17.3. The summed E-state index contributed by atoms with van der Waals surface area (Å²) in [5, 5.41) is 8.28. The molecule has 1 atom stereocenters. The Labute approximate surface area is 202 Å². The van der Waals surface area contributed by atoms with E-state index in [0.29, 0.717) is 18.8 Å². The molecule has 0 saturated carbocycles. The Morgan fingerprint density at radius 1 is 1.09 bits per heavy atom. The molecule has 0 radical (unpaired) electrons. The SMILES string of the molecule is Cc1ccc(CC(=O)NCCCCNc2cccc3c2C(=O)N(C2CCC(=O)NC2=O)C3=O)cn1. The van der Waals surface area contributed by atoms with Crippen molar-refractivity contribution in [1.29, 1.82) is 0 Å². The van der Waals surface area contributed by atoms with Gasteiger partial charge < -0.3 is 10.6 Å². The van der Waals surface area contributed by atoms with Crippen molar-refractivity contribution in [1.82, 2.24) is 20.5 Å². The summed E-state index contributed by atoms with van der Waals surface area (Å²) < 4.78 is 0. The minimum absolute atomic E-state index is 0.0675. The van der Waals surface area contributed by atoms with Crippen LogP contribution >= 0.6 is 0 Å². The van der Waals surface area contributed by atoms with Crippen LogP contribution in [0.3, 0.4) is 0 Å². The van der Waals surface area contributed by atoms with Gasteiger partial charge in [-0.1, -0.05) is 12.1 Å². The maximum absolute atomic E-state index is 13.1. The monoisotopic (exact) mass is 477 g/mol. The molecule has 0 spiro atoms. The summed E-state index contributed by atoms with van der Waals surface area (Å²) in [5.74, 6) is -2.18. The van der Waals surface area contributed by atoms with E-state index in [4.69, 9.17) is 0 Å². The second-order valence-corrected chi connectivity index (χ2v) is 8.64. The third kappa shape index (κ3) is 5.37. The van der Waals surface area contributed by atoms with Crippen LogP contribution in [0.25, 0.3) is 0 Å². The van der Waals surface area contributed by atoms with Crippen molar-refractivity contribution in [3.8, 4) is 0 Å². The number of carbonyl (C=O) groups is 5. The van der Waals surface area contributed by atoms with Crippen molar-refractivity contribution in [2.45, 2.75) is 45.1 Å². The largest absolute Gasteiger partial charge is 0.384 e. The molecule has 1 aromatic carbocycles. The number of amides is 5. The maximum Gasteiger partial charge on any atom is 0.264 e. The third-order valence-corrected chi connectivity index (χ3v) is 6.05. The van der Waals surface area contributed by atoms with Gasteiger partial charge in [0.15, 0.2) is 0 Å². The predicted molar refractivity (Wildman–Crippen MR) is 127 cm³/mol. The van der Waals surface area contributed by atoms with Crippen LogP contribution in [-0.2, 0) is 20.8 Å².